The monoisotopic (exact) mass is 257 g/mol. The minimum absolute atomic E-state index is 0.219. The SMILES string of the molecule is CC.Cn1ccc(=N)c(C(=O)Nc2ccccc2)c1. The van der Waals surface area contributed by atoms with Gasteiger partial charge in [-0.3, -0.25) is 10.2 Å². The maximum absolute atomic E-state index is 11.9. The van der Waals surface area contributed by atoms with E-state index in [-0.39, 0.29) is 11.3 Å². The Hall–Kier alpha value is -2.36. The van der Waals surface area contributed by atoms with Crippen molar-refractivity contribution in [1.82, 2.24) is 4.57 Å². The highest BCUT2D eigenvalue weighted by atomic mass is 16.1. The fourth-order valence-electron chi connectivity index (χ4n) is 1.50. The molecular formula is C15H19N3O. The van der Waals surface area contributed by atoms with E-state index in [1.165, 1.54) is 0 Å². The largest absolute Gasteiger partial charge is 0.356 e. The molecule has 2 aromatic rings. The van der Waals surface area contributed by atoms with Gasteiger partial charge >= 0.3 is 0 Å². The van der Waals surface area contributed by atoms with Gasteiger partial charge in [-0.25, -0.2) is 0 Å². The summed E-state index contributed by atoms with van der Waals surface area (Å²) in [4.78, 5) is 11.9. The molecule has 19 heavy (non-hydrogen) atoms. The van der Waals surface area contributed by atoms with Gasteiger partial charge in [-0.2, -0.15) is 0 Å². The van der Waals surface area contributed by atoms with Crippen LogP contribution < -0.4 is 10.7 Å². The normalized spacial score (nSPS) is 9.21. The first kappa shape index (κ1) is 14.7. The van der Waals surface area contributed by atoms with Gasteiger partial charge in [0.15, 0.2) is 0 Å². The molecular weight excluding hydrogens is 238 g/mol. The molecule has 4 nitrogen and oxygen atoms in total. The number of benzene rings is 1. The molecule has 0 aliphatic rings. The predicted molar refractivity (Wildman–Crippen MR) is 77.0 cm³/mol. The Balaban J connectivity index is 0.000000861. The number of nitrogens with one attached hydrogen (secondary N) is 2. The number of hydrogen-bond donors (Lipinski definition) is 2. The number of amides is 1. The van der Waals surface area contributed by atoms with Crippen molar-refractivity contribution in [2.45, 2.75) is 13.8 Å². The summed E-state index contributed by atoms with van der Waals surface area (Å²) < 4.78 is 1.75. The standard InChI is InChI=1S/C13H13N3O.C2H6/c1-16-8-7-12(14)11(9-16)13(17)15-10-5-3-2-4-6-10;1-2/h2-9,14H,1H3,(H,15,17);1-2H3. The number of aromatic nitrogens is 1. The van der Waals surface area contributed by atoms with Crippen LogP contribution in [0.1, 0.15) is 24.2 Å². The Kier molecular flexibility index (Phi) is 5.54. The van der Waals surface area contributed by atoms with Crippen molar-refractivity contribution in [1.29, 1.82) is 5.41 Å². The maximum Gasteiger partial charge on any atom is 0.259 e. The third kappa shape index (κ3) is 4.10. The summed E-state index contributed by atoms with van der Waals surface area (Å²) in [5.74, 6) is -0.266. The molecule has 1 heterocycles. The van der Waals surface area contributed by atoms with Crippen molar-refractivity contribution >= 4 is 11.6 Å². The van der Waals surface area contributed by atoms with Crippen molar-refractivity contribution in [2.24, 2.45) is 7.05 Å². The van der Waals surface area contributed by atoms with E-state index in [9.17, 15) is 4.79 Å². The van der Waals surface area contributed by atoms with Crippen molar-refractivity contribution in [3.63, 3.8) is 0 Å². The first-order valence-electron chi connectivity index (χ1n) is 6.24. The number of anilines is 1. The van der Waals surface area contributed by atoms with E-state index in [2.05, 4.69) is 5.32 Å². The zero-order valence-corrected chi connectivity index (χ0v) is 11.5. The van der Waals surface area contributed by atoms with E-state index in [1.807, 2.05) is 51.2 Å². The molecule has 0 aliphatic carbocycles. The molecule has 0 spiro atoms. The minimum atomic E-state index is -0.266. The number of carbonyl (C=O) groups excluding carboxylic acids is 1. The summed E-state index contributed by atoms with van der Waals surface area (Å²) in [6.07, 6.45) is 3.38. The molecule has 1 aromatic heterocycles. The molecule has 0 saturated carbocycles. The van der Waals surface area contributed by atoms with Crippen LogP contribution in [0.3, 0.4) is 0 Å². The Labute approximate surface area is 113 Å². The molecule has 0 fully saturated rings. The van der Waals surface area contributed by atoms with E-state index in [0.717, 1.165) is 5.69 Å². The lowest BCUT2D eigenvalue weighted by Gasteiger charge is -2.06. The van der Waals surface area contributed by atoms with Crippen LogP contribution in [0.25, 0.3) is 0 Å². The Bertz CT molecular complexity index is 588. The highest BCUT2D eigenvalue weighted by Crippen LogP contribution is 2.06. The lowest BCUT2D eigenvalue weighted by Crippen LogP contribution is -2.22. The molecule has 100 valence electrons. The fourth-order valence-corrected chi connectivity index (χ4v) is 1.50. The summed E-state index contributed by atoms with van der Waals surface area (Å²) in [5, 5.41) is 10.7. The number of rotatable bonds is 2. The summed E-state index contributed by atoms with van der Waals surface area (Å²) in [7, 11) is 1.82. The van der Waals surface area contributed by atoms with Gasteiger partial charge < -0.3 is 9.88 Å². The third-order valence-corrected chi connectivity index (χ3v) is 2.38. The van der Waals surface area contributed by atoms with E-state index < -0.39 is 0 Å². The van der Waals surface area contributed by atoms with Crippen LogP contribution in [-0.2, 0) is 7.05 Å². The van der Waals surface area contributed by atoms with Crippen LogP contribution in [0.5, 0.6) is 0 Å². The molecule has 0 bridgehead atoms. The lowest BCUT2D eigenvalue weighted by molar-refractivity contribution is 0.102. The summed E-state index contributed by atoms with van der Waals surface area (Å²) in [6, 6.07) is 10.8. The van der Waals surface area contributed by atoms with Gasteiger partial charge in [-0.1, -0.05) is 32.0 Å². The third-order valence-electron chi connectivity index (χ3n) is 2.38. The first-order chi connectivity index (χ1) is 9.16. The fraction of sp³-hybridized carbons (Fsp3) is 0.200. The average Bonchev–Trinajstić information content (AvgIpc) is 2.45. The number of pyridine rings is 1. The molecule has 0 aliphatic heterocycles. The topological polar surface area (TPSA) is 57.9 Å². The number of para-hydroxylation sites is 1. The molecule has 1 aromatic carbocycles. The highest BCUT2D eigenvalue weighted by molar-refractivity contribution is 6.03. The molecule has 4 heteroatoms. The second-order valence-electron chi connectivity index (χ2n) is 3.76. The van der Waals surface area contributed by atoms with E-state index in [4.69, 9.17) is 5.41 Å². The average molecular weight is 257 g/mol. The van der Waals surface area contributed by atoms with Gasteiger partial charge in [0, 0.05) is 25.1 Å². The van der Waals surface area contributed by atoms with Crippen molar-refractivity contribution in [2.75, 3.05) is 5.32 Å². The van der Waals surface area contributed by atoms with Crippen molar-refractivity contribution in [3.05, 3.63) is 59.7 Å². The van der Waals surface area contributed by atoms with Crippen LogP contribution in [0.4, 0.5) is 5.69 Å². The van der Waals surface area contributed by atoms with Gasteiger partial charge in [-0.15, -0.1) is 0 Å². The molecule has 2 N–H and O–H groups in total. The zero-order valence-electron chi connectivity index (χ0n) is 11.5. The van der Waals surface area contributed by atoms with Gasteiger partial charge in [0.1, 0.15) is 0 Å². The summed E-state index contributed by atoms with van der Waals surface area (Å²) in [5.41, 5.74) is 1.09. The first-order valence-corrected chi connectivity index (χ1v) is 6.24. The van der Waals surface area contributed by atoms with E-state index in [0.29, 0.717) is 5.56 Å². The minimum Gasteiger partial charge on any atom is -0.356 e. The van der Waals surface area contributed by atoms with Gasteiger partial charge in [0.05, 0.1) is 10.9 Å². The van der Waals surface area contributed by atoms with Gasteiger partial charge in [-0.05, 0) is 18.2 Å². The number of carbonyl (C=O) groups is 1. The summed E-state index contributed by atoms with van der Waals surface area (Å²) >= 11 is 0. The zero-order chi connectivity index (χ0) is 14.3. The molecule has 0 atom stereocenters. The molecule has 0 unspecified atom stereocenters. The van der Waals surface area contributed by atoms with Gasteiger partial charge in [0.25, 0.3) is 5.91 Å². The molecule has 1 amide bonds. The van der Waals surface area contributed by atoms with E-state index >= 15 is 0 Å². The summed E-state index contributed by atoms with van der Waals surface area (Å²) in [6.45, 7) is 4.00. The Morgan fingerprint density at radius 2 is 1.79 bits per heavy atom. The van der Waals surface area contributed by atoms with Crippen LogP contribution in [-0.4, -0.2) is 10.5 Å². The van der Waals surface area contributed by atoms with Crippen LogP contribution in [0.15, 0.2) is 48.8 Å². The van der Waals surface area contributed by atoms with Crippen LogP contribution >= 0.6 is 0 Å². The van der Waals surface area contributed by atoms with Gasteiger partial charge in [0.2, 0.25) is 0 Å². The number of nitrogens with zero attached hydrogens (tertiary/aromatic N) is 1. The molecule has 2 rings (SSSR count). The highest BCUT2D eigenvalue weighted by Gasteiger charge is 2.07. The van der Waals surface area contributed by atoms with Crippen LogP contribution in [0, 0.1) is 5.41 Å². The second kappa shape index (κ2) is 7.16. The molecule has 0 radical (unpaired) electrons. The quantitative estimate of drug-likeness (QED) is 0.854. The Morgan fingerprint density at radius 3 is 2.42 bits per heavy atom. The lowest BCUT2D eigenvalue weighted by atomic mass is 10.2. The van der Waals surface area contributed by atoms with Crippen molar-refractivity contribution in [3.8, 4) is 0 Å². The van der Waals surface area contributed by atoms with Crippen molar-refractivity contribution < 1.29 is 4.79 Å². The predicted octanol–water partition coefficient (Wildman–Crippen LogP) is 2.78. The Morgan fingerprint density at radius 1 is 1.16 bits per heavy atom. The van der Waals surface area contributed by atoms with Crippen LogP contribution in [0.2, 0.25) is 0 Å². The maximum atomic E-state index is 11.9. The molecule has 0 saturated heterocycles. The number of hydrogen-bond acceptors (Lipinski definition) is 2. The number of aryl methyl sites for hydroxylation is 1. The smallest absolute Gasteiger partial charge is 0.259 e. The second-order valence-corrected chi connectivity index (χ2v) is 3.76. The van der Waals surface area contributed by atoms with E-state index in [1.54, 1.807) is 23.0 Å².